The molecule has 1 unspecified atom stereocenters. The number of carboxylic acids is 1. The Balaban J connectivity index is 2.99. The number of carboxylic acid groups (broad SMARTS) is 1. The Morgan fingerprint density at radius 3 is 2.38 bits per heavy atom. The minimum Gasteiger partial charge on any atom is -0.480 e. The van der Waals surface area contributed by atoms with Gasteiger partial charge in [-0.2, -0.15) is 0 Å². The Morgan fingerprint density at radius 2 is 1.90 bits per heavy atom. The highest BCUT2D eigenvalue weighted by Crippen LogP contribution is 2.17. The zero-order valence-electron chi connectivity index (χ0n) is 12.8. The van der Waals surface area contributed by atoms with Gasteiger partial charge in [-0.1, -0.05) is 19.1 Å². The van der Waals surface area contributed by atoms with Crippen LogP contribution in [0.2, 0.25) is 0 Å². The Labute approximate surface area is 126 Å². The van der Waals surface area contributed by atoms with E-state index in [0.29, 0.717) is 13.0 Å². The molecule has 0 aliphatic rings. The zero-order valence-corrected chi connectivity index (χ0v) is 13.6. The highest BCUT2D eigenvalue weighted by Gasteiger charge is 2.21. The van der Waals surface area contributed by atoms with Gasteiger partial charge in [-0.05, 0) is 31.2 Å². The van der Waals surface area contributed by atoms with Crippen LogP contribution >= 0.6 is 0 Å². The molecule has 1 aromatic rings. The molecule has 0 bridgehead atoms. The van der Waals surface area contributed by atoms with E-state index < -0.39 is 22.0 Å². The minimum absolute atomic E-state index is 0.210. The monoisotopic (exact) mass is 314 g/mol. The molecule has 0 aromatic heterocycles. The van der Waals surface area contributed by atoms with Crippen molar-refractivity contribution in [2.24, 2.45) is 0 Å². The summed E-state index contributed by atoms with van der Waals surface area (Å²) in [5, 5.41) is 9.13. The number of hydrogen-bond donors (Lipinski definition) is 1. The number of likely N-dealkylation sites (N-methyl/N-ethyl adjacent to an activating group) is 1. The van der Waals surface area contributed by atoms with Crippen LogP contribution in [-0.2, 0) is 21.4 Å². The van der Waals surface area contributed by atoms with E-state index in [4.69, 9.17) is 5.11 Å². The predicted molar refractivity (Wildman–Crippen MR) is 80.5 cm³/mol. The lowest BCUT2D eigenvalue weighted by Gasteiger charge is -2.23. The quantitative estimate of drug-likeness (QED) is 0.819. The van der Waals surface area contributed by atoms with Crippen molar-refractivity contribution in [1.29, 1.82) is 0 Å². The molecule has 118 valence electrons. The number of hydrogen-bond acceptors (Lipinski definition) is 4. The predicted octanol–water partition coefficient (Wildman–Crippen LogP) is 1.23. The van der Waals surface area contributed by atoms with E-state index in [-0.39, 0.29) is 4.90 Å². The van der Waals surface area contributed by atoms with Crippen LogP contribution in [0.1, 0.15) is 18.9 Å². The van der Waals surface area contributed by atoms with Gasteiger partial charge in [0.2, 0.25) is 10.0 Å². The molecule has 0 amide bonds. The molecule has 21 heavy (non-hydrogen) atoms. The first-order chi connectivity index (χ1) is 9.70. The second-order valence-corrected chi connectivity index (χ2v) is 7.26. The fourth-order valence-corrected chi connectivity index (χ4v) is 3.06. The van der Waals surface area contributed by atoms with E-state index in [1.54, 1.807) is 30.1 Å². The van der Waals surface area contributed by atoms with Crippen molar-refractivity contribution in [2.75, 3.05) is 21.1 Å². The van der Waals surface area contributed by atoms with Crippen molar-refractivity contribution in [3.63, 3.8) is 0 Å². The normalized spacial score (nSPS) is 13.6. The van der Waals surface area contributed by atoms with Crippen LogP contribution < -0.4 is 0 Å². The van der Waals surface area contributed by atoms with Crippen molar-refractivity contribution in [2.45, 2.75) is 30.8 Å². The van der Waals surface area contributed by atoms with Crippen molar-refractivity contribution in [3.05, 3.63) is 29.8 Å². The lowest BCUT2D eigenvalue weighted by atomic mass is 10.1. The second-order valence-electron chi connectivity index (χ2n) is 5.11. The van der Waals surface area contributed by atoms with Gasteiger partial charge in [-0.3, -0.25) is 9.69 Å². The molecule has 0 aliphatic heterocycles. The Hall–Kier alpha value is -1.44. The number of rotatable bonds is 7. The molecule has 0 heterocycles. The van der Waals surface area contributed by atoms with Gasteiger partial charge in [0.1, 0.15) is 6.04 Å². The van der Waals surface area contributed by atoms with Crippen molar-refractivity contribution >= 4 is 16.0 Å². The Bertz CT molecular complexity index is 599. The van der Waals surface area contributed by atoms with Gasteiger partial charge in [0.05, 0.1) is 4.90 Å². The maximum absolute atomic E-state index is 12.1. The fraction of sp³-hybridized carbons (Fsp3) is 0.500. The molecule has 0 fully saturated rings. The molecule has 1 aromatic carbocycles. The van der Waals surface area contributed by atoms with Gasteiger partial charge in [0.15, 0.2) is 0 Å². The SMILES string of the molecule is CCC(C(=O)O)N(C)Cc1cccc(S(=O)(=O)N(C)C)c1. The van der Waals surface area contributed by atoms with Crippen molar-refractivity contribution in [3.8, 4) is 0 Å². The third-order valence-corrected chi connectivity index (χ3v) is 5.12. The lowest BCUT2D eigenvalue weighted by Crippen LogP contribution is -2.37. The van der Waals surface area contributed by atoms with Gasteiger partial charge >= 0.3 is 5.97 Å². The molecule has 0 radical (unpaired) electrons. The summed E-state index contributed by atoms with van der Waals surface area (Å²) in [5.41, 5.74) is 0.764. The zero-order chi connectivity index (χ0) is 16.2. The highest BCUT2D eigenvalue weighted by molar-refractivity contribution is 7.89. The highest BCUT2D eigenvalue weighted by atomic mass is 32.2. The van der Waals surface area contributed by atoms with Crippen molar-refractivity contribution < 1.29 is 18.3 Å². The van der Waals surface area contributed by atoms with Crippen LogP contribution in [0.5, 0.6) is 0 Å². The van der Waals surface area contributed by atoms with Crippen LogP contribution in [0.25, 0.3) is 0 Å². The van der Waals surface area contributed by atoms with E-state index in [1.807, 2.05) is 6.92 Å². The molecule has 7 heteroatoms. The smallest absolute Gasteiger partial charge is 0.320 e. The number of carbonyl (C=O) groups is 1. The maximum Gasteiger partial charge on any atom is 0.320 e. The summed E-state index contributed by atoms with van der Waals surface area (Å²) in [6, 6.07) is 5.99. The first-order valence-corrected chi connectivity index (χ1v) is 8.08. The minimum atomic E-state index is -3.48. The second kappa shape index (κ2) is 7.02. The van der Waals surface area contributed by atoms with E-state index in [2.05, 4.69) is 0 Å². The summed E-state index contributed by atoms with van der Waals surface area (Å²) in [6.07, 6.45) is 0.488. The first kappa shape index (κ1) is 17.6. The summed E-state index contributed by atoms with van der Waals surface area (Å²) >= 11 is 0. The molecule has 0 saturated heterocycles. The number of aliphatic carboxylic acids is 1. The molecule has 0 spiro atoms. The largest absolute Gasteiger partial charge is 0.480 e. The summed E-state index contributed by atoms with van der Waals surface area (Å²) < 4.78 is 25.3. The van der Waals surface area contributed by atoms with E-state index in [1.165, 1.54) is 20.2 Å². The summed E-state index contributed by atoms with van der Waals surface area (Å²) in [6.45, 7) is 2.18. The summed E-state index contributed by atoms with van der Waals surface area (Å²) in [5.74, 6) is -0.878. The maximum atomic E-state index is 12.1. The standard InChI is InChI=1S/C14H22N2O4S/c1-5-13(14(17)18)16(4)10-11-7-6-8-12(9-11)21(19,20)15(2)3/h6-9,13H,5,10H2,1-4H3,(H,17,18). The number of sulfonamides is 1. The number of nitrogens with zero attached hydrogens (tertiary/aromatic N) is 2. The molecule has 1 N–H and O–H groups in total. The van der Waals surface area contributed by atoms with Crippen LogP contribution in [0.15, 0.2) is 29.2 Å². The van der Waals surface area contributed by atoms with E-state index >= 15 is 0 Å². The third kappa shape index (κ3) is 4.26. The van der Waals surface area contributed by atoms with Gasteiger partial charge < -0.3 is 5.11 Å². The molecule has 1 rings (SSSR count). The fourth-order valence-electron chi connectivity index (χ4n) is 2.09. The van der Waals surface area contributed by atoms with Gasteiger partial charge in [-0.25, -0.2) is 12.7 Å². The first-order valence-electron chi connectivity index (χ1n) is 6.64. The molecular formula is C14H22N2O4S. The average molecular weight is 314 g/mol. The van der Waals surface area contributed by atoms with E-state index in [9.17, 15) is 13.2 Å². The van der Waals surface area contributed by atoms with Crippen LogP contribution in [0.3, 0.4) is 0 Å². The third-order valence-electron chi connectivity index (χ3n) is 3.31. The number of benzene rings is 1. The Morgan fingerprint density at radius 1 is 1.29 bits per heavy atom. The van der Waals surface area contributed by atoms with Crippen LogP contribution in [-0.4, -0.2) is 55.9 Å². The topological polar surface area (TPSA) is 77.9 Å². The van der Waals surface area contributed by atoms with Crippen LogP contribution in [0, 0.1) is 0 Å². The molecule has 0 aliphatic carbocycles. The summed E-state index contributed by atoms with van der Waals surface area (Å²) in [4.78, 5) is 13.0. The molecule has 1 atom stereocenters. The molecular weight excluding hydrogens is 292 g/mol. The van der Waals surface area contributed by atoms with Gasteiger partial charge in [0, 0.05) is 20.6 Å². The van der Waals surface area contributed by atoms with Gasteiger partial charge in [0.25, 0.3) is 0 Å². The lowest BCUT2D eigenvalue weighted by molar-refractivity contribution is -0.143. The molecule has 6 nitrogen and oxygen atoms in total. The van der Waals surface area contributed by atoms with Gasteiger partial charge in [-0.15, -0.1) is 0 Å². The average Bonchev–Trinajstić information content (AvgIpc) is 2.39. The van der Waals surface area contributed by atoms with Crippen molar-refractivity contribution in [1.82, 2.24) is 9.21 Å². The van der Waals surface area contributed by atoms with E-state index in [0.717, 1.165) is 9.87 Å². The molecule has 0 saturated carbocycles. The summed E-state index contributed by atoms with van der Waals surface area (Å²) in [7, 11) is 1.19. The Kier molecular flexibility index (Phi) is 5.88. The van der Waals surface area contributed by atoms with Crippen LogP contribution in [0.4, 0.5) is 0 Å².